The normalized spacial score (nSPS) is 26.2. The van der Waals surface area contributed by atoms with Crippen LogP contribution in [0.5, 0.6) is 0 Å². The molecule has 0 saturated carbocycles. The molecule has 2 heterocycles. The van der Waals surface area contributed by atoms with E-state index in [9.17, 15) is 13.2 Å². The summed E-state index contributed by atoms with van der Waals surface area (Å²) in [5.41, 5.74) is 1.76. The summed E-state index contributed by atoms with van der Waals surface area (Å²) in [6.45, 7) is 4.84. The fraction of sp³-hybridized carbons (Fsp3) is 0.562. The Kier molecular flexibility index (Phi) is 4.20. The molecule has 2 atom stereocenters. The number of carbonyl (C=O) groups excluding carboxylic acids is 1. The molecular formula is C16H22N2O4S. The van der Waals surface area contributed by atoms with Crippen molar-refractivity contribution in [2.24, 2.45) is 5.92 Å². The summed E-state index contributed by atoms with van der Waals surface area (Å²) in [7, 11) is -1.90. The first-order valence-corrected chi connectivity index (χ1v) is 9.16. The average Bonchev–Trinajstić information content (AvgIpc) is 2.64. The lowest BCUT2D eigenvalue weighted by atomic mass is 10.1. The summed E-state index contributed by atoms with van der Waals surface area (Å²) >= 11 is 0. The van der Waals surface area contributed by atoms with Crippen LogP contribution in [0.1, 0.15) is 11.1 Å². The Bertz CT molecular complexity index is 732. The van der Waals surface area contributed by atoms with E-state index in [4.69, 9.17) is 4.74 Å². The molecule has 23 heavy (non-hydrogen) atoms. The second kappa shape index (κ2) is 5.89. The second-order valence-corrected chi connectivity index (χ2v) is 8.33. The van der Waals surface area contributed by atoms with Gasteiger partial charge in [-0.15, -0.1) is 0 Å². The largest absolute Gasteiger partial charge is 0.378 e. The van der Waals surface area contributed by atoms with Crippen molar-refractivity contribution in [1.82, 2.24) is 9.21 Å². The van der Waals surface area contributed by atoms with Crippen molar-refractivity contribution in [2.75, 3.05) is 33.4 Å². The van der Waals surface area contributed by atoms with E-state index in [1.807, 2.05) is 13.0 Å². The minimum Gasteiger partial charge on any atom is -0.378 e. The van der Waals surface area contributed by atoms with Crippen LogP contribution in [0.3, 0.4) is 0 Å². The van der Waals surface area contributed by atoms with Crippen LogP contribution in [0.2, 0.25) is 0 Å². The van der Waals surface area contributed by atoms with E-state index < -0.39 is 15.9 Å². The number of likely N-dealkylation sites (N-methyl/N-ethyl adjacent to an activating group) is 1. The van der Waals surface area contributed by atoms with Crippen LogP contribution >= 0.6 is 0 Å². The van der Waals surface area contributed by atoms with E-state index in [1.54, 1.807) is 31.0 Å². The van der Waals surface area contributed by atoms with Gasteiger partial charge in [-0.05, 0) is 25.5 Å². The van der Waals surface area contributed by atoms with Crippen molar-refractivity contribution in [1.29, 1.82) is 0 Å². The number of rotatable bonds is 2. The van der Waals surface area contributed by atoms with E-state index in [0.717, 1.165) is 11.1 Å². The standard InChI is InChI=1S/C16H22N2O4S/c1-11-4-5-15(12(2)6-11)23(20,21)18-7-13-9-22-10-14(8-18)17(3)16(13)19/h4-6,13-14H,7-10H2,1-3H3/t13-,14+/m1/s1. The smallest absolute Gasteiger partial charge is 0.243 e. The number of aryl methyl sites for hydroxylation is 2. The van der Waals surface area contributed by atoms with E-state index in [0.29, 0.717) is 11.5 Å². The maximum absolute atomic E-state index is 13.1. The molecule has 3 rings (SSSR count). The van der Waals surface area contributed by atoms with Crippen LogP contribution in [0.25, 0.3) is 0 Å². The van der Waals surface area contributed by atoms with Crippen LogP contribution < -0.4 is 0 Å². The van der Waals surface area contributed by atoms with Gasteiger partial charge in [-0.2, -0.15) is 4.31 Å². The summed E-state index contributed by atoms with van der Waals surface area (Å²) in [4.78, 5) is 14.3. The molecule has 0 aliphatic carbocycles. The van der Waals surface area contributed by atoms with Crippen LogP contribution in [0, 0.1) is 19.8 Å². The number of hydrogen-bond donors (Lipinski definition) is 0. The summed E-state index contributed by atoms with van der Waals surface area (Å²) in [5, 5.41) is 0. The number of hydrogen-bond acceptors (Lipinski definition) is 4. The number of carbonyl (C=O) groups is 1. The summed E-state index contributed by atoms with van der Waals surface area (Å²) < 4.78 is 33.1. The first kappa shape index (κ1) is 16.4. The molecule has 2 fully saturated rings. The number of sulfonamides is 1. The molecule has 0 spiro atoms. The van der Waals surface area contributed by atoms with Crippen LogP contribution in [0.4, 0.5) is 0 Å². The monoisotopic (exact) mass is 338 g/mol. The maximum atomic E-state index is 13.1. The predicted octanol–water partition coefficient (Wildman–Crippen LogP) is 0.781. The van der Waals surface area contributed by atoms with Crippen molar-refractivity contribution in [3.63, 3.8) is 0 Å². The zero-order valence-electron chi connectivity index (χ0n) is 13.7. The van der Waals surface area contributed by atoms with Crippen LogP contribution in [-0.2, 0) is 19.6 Å². The Morgan fingerprint density at radius 3 is 2.61 bits per heavy atom. The fourth-order valence-corrected chi connectivity index (χ4v) is 5.01. The molecule has 2 aliphatic rings. The number of amides is 1. The molecule has 0 radical (unpaired) electrons. The van der Waals surface area contributed by atoms with E-state index in [-0.39, 0.29) is 31.6 Å². The summed E-state index contributed by atoms with van der Waals surface area (Å²) in [6, 6.07) is 5.09. The predicted molar refractivity (Wildman–Crippen MR) is 85.5 cm³/mol. The zero-order valence-corrected chi connectivity index (χ0v) is 14.5. The highest BCUT2D eigenvalue weighted by molar-refractivity contribution is 7.89. The molecule has 1 aromatic rings. The molecular weight excluding hydrogens is 316 g/mol. The Hall–Kier alpha value is -1.44. The van der Waals surface area contributed by atoms with Crippen LogP contribution in [0.15, 0.2) is 23.1 Å². The molecule has 0 N–H and O–H groups in total. The Morgan fingerprint density at radius 1 is 1.17 bits per heavy atom. The minimum atomic E-state index is -3.62. The molecule has 0 aromatic heterocycles. The molecule has 6 nitrogen and oxygen atoms in total. The number of nitrogens with zero attached hydrogens (tertiary/aromatic N) is 2. The molecule has 1 aromatic carbocycles. The fourth-order valence-electron chi connectivity index (χ4n) is 3.28. The minimum absolute atomic E-state index is 0.0363. The topological polar surface area (TPSA) is 66.9 Å². The lowest BCUT2D eigenvalue weighted by Gasteiger charge is -2.29. The number of benzene rings is 1. The molecule has 1 amide bonds. The molecule has 2 saturated heterocycles. The first-order valence-electron chi connectivity index (χ1n) is 7.72. The van der Waals surface area contributed by atoms with Gasteiger partial charge in [0.15, 0.2) is 0 Å². The van der Waals surface area contributed by atoms with Gasteiger partial charge >= 0.3 is 0 Å². The Balaban J connectivity index is 1.99. The summed E-state index contributed by atoms with van der Waals surface area (Å²) in [6.07, 6.45) is 0. The molecule has 7 heteroatoms. The van der Waals surface area contributed by atoms with Crippen molar-refractivity contribution in [3.8, 4) is 0 Å². The average molecular weight is 338 g/mol. The van der Waals surface area contributed by atoms with Gasteiger partial charge in [0.1, 0.15) is 0 Å². The molecule has 126 valence electrons. The number of ether oxygens (including phenoxy) is 1. The maximum Gasteiger partial charge on any atom is 0.243 e. The van der Waals surface area contributed by atoms with E-state index >= 15 is 0 Å². The molecule has 0 unspecified atom stereocenters. The highest BCUT2D eigenvalue weighted by Gasteiger charge is 2.41. The third-order valence-electron chi connectivity index (χ3n) is 4.66. The first-order chi connectivity index (χ1) is 10.8. The number of fused-ring (bicyclic) bond motifs is 3. The Morgan fingerprint density at radius 2 is 1.91 bits per heavy atom. The third kappa shape index (κ3) is 2.88. The highest BCUT2D eigenvalue weighted by Crippen LogP contribution is 2.27. The lowest BCUT2D eigenvalue weighted by Crippen LogP contribution is -2.45. The van der Waals surface area contributed by atoms with Gasteiger partial charge in [0.2, 0.25) is 15.9 Å². The zero-order chi connectivity index (χ0) is 16.8. The SMILES string of the molecule is Cc1ccc(S(=O)(=O)N2C[C@@H]3COC[C@H](C2)N(C)C3=O)c(C)c1. The van der Waals surface area contributed by atoms with Crippen LogP contribution in [-0.4, -0.2) is 62.9 Å². The quantitative estimate of drug-likeness (QED) is 0.799. The van der Waals surface area contributed by atoms with Gasteiger partial charge in [-0.25, -0.2) is 8.42 Å². The lowest BCUT2D eigenvalue weighted by molar-refractivity contribution is -0.133. The van der Waals surface area contributed by atoms with Gasteiger partial charge < -0.3 is 9.64 Å². The van der Waals surface area contributed by atoms with Crippen molar-refractivity contribution >= 4 is 15.9 Å². The van der Waals surface area contributed by atoms with E-state index in [1.165, 1.54) is 4.31 Å². The third-order valence-corrected chi connectivity index (χ3v) is 6.65. The van der Waals surface area contributed by atoms with Gasteiger partial charge in [0.25, 0.3) is 0 Å². The van der Waals surface area contributed by atoms with Crippen molar-refractivity contribution in [2.45, 2.75) is 24.8 Å². The molecule has 2 aliphatic heterocycles. The molecule has 2 bridgehead atoms. The highest BCUT2D eigenvalue weighted by atomic mass is 32.2. The second-order valence-electron chi connectivity index (χ2n) is 6.43. The van der Waals surface area contributed by atoms with E-state index in [2.05, 4.69) is 0 Å². The summed E-state index contributed by atoms with van der Waals surface area (Å²) in [5.74, 6) is -0.473. The van der Waals surface area contributed by atoms with Crippen molar-refractivity contribution in [3.05, 3.63) is 29.3 Å². The van der Waals surface area contributed by atoms with Gasteiger partial charge in [0, 0.05) is 20.1 Å². The van der Waals surface area contributed by atoms with Gasteiger partial charge in [-0.3, -0.25) is 4.79 Å². The van der Waals surface area contributed by atoms with Gasteiger partial charge in [0.05, 0.1) is 30.1 Å². The van der Waals surface area contributed by atoms with Crippen molar-refractivity contribution < 1.29 is 17.9 Å². The van der Waals surface area contributed by atoms with Gasteiger partial charge in [-0.1, -0.05) is 17.7 Å². The Labute approximate surface area is 137 Å².